The Labute approximate surface area is 136 Å². The first-order chi connectivity index (χ1) is 10.6. The first-order valence-corrected chi connectivity index (χ1v) is 7.69. The molecular weight excluding hydrogens is 293 g/mol. The van der Waals surface area contributed by atoms with Crippen LogP contribution in [0.4, 0.5) is 0 Å². The lowest BCUT2D eigenvalue weighted by atomic mass is 9.76. The summed E-state index contributed by atoms with van der Waals surface area (Å²) in [5, 5.41) is 3.98. The van der Waals surface area contributed by atoms with E-state index in [0.717, 1.165) is 16.7 Å². The maximum atomic E-state index is 12.0. The van der Waals surface area contributed by atoms with Gasteiger partial charge in [-0.1, -0.05) is 6.07 Å². The van der Waals surface area contributed by atoms with Crippen LogP contribution in [0, 0.1) is 6.92 Å². The van der Waals surface area contributed by atoms with Gasteiger partial charge >= 0.3 is 12.8 Å². The Morgan fingerprint density at radius 2 is 1.74 bits per heavy atom. The molecule has 1 aliphatic heterocycles. The van der Waals surface area contributed by atoms with Crippen molar-refractivity contribution in [3.05, 3.63) is 40.6 Å². The average molecular weight is 315 g/mol. The van der Waals surface area contributed by atoms with Crippen LogP contribution in [0.1, 0.15) is 33.3 Å². The maximum absolute atomic E-state index is 12.0. The molecule has 0 N–H and O–H groups in total. The van der Waals surface area contributed by atoms with E-state index in [1.807, 2.05) is 52.8 Å². The van der Waals surface area contributed by atoms with Gasteiger partial charge in [0.25, 0.3) is 0 Å². The van der Waals surface area contributed by atoms with E-state index in [-0.39, 0.29) is 16.9 Å². The molecule has 7 heteroatoms. The fourth-order valence-corrected chi connectivity index (χ4v) is 2.61. The highest BCUT2D eigenvalue weighted by Gasteiger charge is 2.52. The SMILES string of the molecule is Cc1cc(-n2cnn(C)c2=O)ccc1B1OC(C)(C)C(C)(C)O1. The Hall–Kier alpha value is -1.86. The predicted octanol–water partition coefficient (Wildman–Crippen LogP) is 1.18. The lowest BCUT2D eigenvalue weighted by molar-refractivity contribution is 0.00578. The quantitative estimate of drug-likeness (QED) is 0.781. The molecule has 0 unspecified atom stereocenters. The van der Waals surface area contributed by atoms with Gasteiger partial charge in [0.05, 0.1) is 16.9 Å². The number of aryl methyl sites for hydroxylation is 2. The topological polar surface area (TPSA) is 58.3 Å². The molecule has 2 heterocycles. The molecule has 0 saturated carbocycles. The predicted molar refractivity (Wildman–Crippen MR) is 89.3 cm³/mol. The highest BCUT2D eigenvalue weighted by molar-refractivity contribution is 6.62. The Balaban J connectivity index is 1.95. The minimum atomic E-state index is -0.403. The molecule has 2 aromatic rings. The Kier molecular flexibility index (Phi) is 3.53. The lowest BCUT2D eigenvalue weighted by Crippen LogP contribution is -2.41. The van der Waals surface area contributed by atoms with Crippen LogP contribution >= 0.6 is 0 Å². The zero-order valence-electron chi connectivity index (χ0n) is 14.5. The Bertz CT molecular complexity index is 791. The fourth-order valence-electron chi connectivity index (χ4n) is 2.61. The van der Waals surface area contributed by atoms with Gasteiger partial charge in [0.15, 0.2) is 0 Å². The molecule has 1 aromatic heterocycles. The molecule has 0 bridgehead atoms. The first-order valence-electron chi connectivity index (χ1n) is 7.69. The summed E-state index contributed by atoms with van der Waals surface area (Å²) in [4.78, 5) is 12.0. The second-order valence-corrected chi connectivity index (χ2v) is 7.04. The van der Waals surface area contributed by atoms with E-state index in [0.29, 0.717) is 0 Å². The van der Waals surface area contributed by atoms with Gasteiger partial charge in [-0.3, -0.25) is 0 Å². The summed E-state index contributed by atoms with van der Waals surface area (Å²) in [6, 6.07) is 5.78. The first kappa shape index (κ1) is 16.0. The summed E-state index contributed by atoms with van der Waals surface area (Å²) < 4.78 is 15.0. The van der Waals surface area contributed by atoms with E-state index < -0.39 is 7.12 Å². The molecule has 1 aliphatic rings. The summed E-state index contributed by atoms with van der Waals surface area (Å²) >= 11 is 0. The van der Waals surface area contributed by atoms with Gasteiger partial charge in [-0.25, -0.2) is 14.0 Å². The largest absolute Gasteiger partial charge is 0.495 e. The van der Waals surface area contributed by atoms with Crippen molar-refractivity contribution in [3.63, 3.8) is 0 Å². The Morgan fingerprint density at radius 1 is 1.13 bits per heavy atom. The highest BCUT2D eigenvalue weighted by Crippen LogP contribution is 2.36. The maximum Gasteiger partial charge on any atom is 0.495 e. The summed E-state index contributed by atoms with van der Waals surface area (Å²) in [7, 11) is 1.23. The average Bonchev–Trinajstić information content (AvgIpc) is 2.87. The molecule has 0 radical (unpaired) electrons. The van der Waals surface area contributed by atoms with Gasteiger partial charge < -0.3 is 9.31 Å². The number of hydrogen-bond donors (Lipinski definition) is 0. The van der Waals surface area contributed by atoms with E-state index >= 15 is 0 Å². The molecule has 0 spiro atoms. The molecule has 1 aromatic carbocycles. The number of aromatic nitrogens is 3. The van der Waals surface area contributed by atoms with Crippen LogP contribution in [0.25, 0.3) is 5.69 Å². The van der Waals surface area contributed by atoms with Crippen molar-refractivity contribution in [2.45, 2.75) is 45.8 Å². The number of rotatable bonds is 2. The molecule has 0 amide bonds. The number of benzene rings is 1. The third-order valence-electron chi connectivity index (χ3n) is 4.86. The zero-order valence-corrected chi connectivity index (χ0v) is 14.5. The van der Waals surface area contributed by atoms with Crippen molar-refractivity contribution in [2.24, 2.45) is 7.05 Å². The second kappa shape index (κ2) is 5.07. The van der Waals surface area contributed by atoms with Crippen molar-refractivity contribution in [1.82, 2.24) is 14.3 Å². The molecule has 23 heavy (non-hydrogen) atoms. The second-order valence-electron chi connectivity index (χ2n) is 7.04. The minimum Gasteiger partial charge on any atom is -0.399 e. The highest BCUT2D eigenvalue weighted by atomic mass is 16.7. The van der Waals surface area contributed by atoms with E-state index in [1.54, 1.807) is 7.05 Å². The van der Waals surface area contributed by atoms with Gasteiger partial charge in [0.1, 0.15) is 6.33 Å². The van der Waals surface area contributed by atoms with E-state index in [9.17, 15) is 4.79 Å². The van der Waals surface area contributed by atoms with E-state index in [2.05, 4.69) is 5.10 Å². The van der Waals surface area contributed by atoms with Crippen molar-refractivity contribution in [3.8, 4) is 5.69 Å². The number of nitrogens with zero attached hydrogens (tertiary/aromatic N) is 3. The summed E-state index contributed by atoms with van der Waals surface area (Å²) in [6.45, 7) is 10.1. The lowest BCUT2D eigenvalue weighted by Gasteiger charge is -2.32. The van der Waals surface area contributed by atoms with Crippen LogP contribution in [0.3, 0.4) is 0 Å². The molecule has 122 valence electrons. The van der Waals surface area contributed by atoms with Crippen molar-refractivity contribution >= 4 is 12.6 Å². The van der Waals surface area contributed by atoms with Crippen LogP contribution in [0.15, 0.2) is 29.3 Å². The molecule has 6 nitrogen and oxygen atoms in total. The van der Waals surface area contributed by atoms with Crippen molar-refractivity contribution < 1.29 is 9.31 Å². The Morgan fingerprint density at radius 3 is 2.22 bits per heavy atom. The van der Waals surface area contributed by atoms with Gasteiger partial charge in [-0.15, -0.1) is 0 Å². The molecule has 1 saturated heterocycles. The fraction of sp³-hybridized carbons (Fsp3) is 0.500. The zero-order chi connectivity index (χ0) is 17.0. The van der Waals surface area contributed by atoms with E-state index in [4.69, 9.17) is 9.31 Å². The van der Waals surface area contributed by atoms with Crippen LogP contribution in [0.2, 0.25) is 0 Å². The van der Waals surface area contributed by atoms with Crippen molar-refractivity contribution in [2.75, 3.05) is 0 Å². The molecule has 0 atom stereocenters. The van der Waals surface area contributed by atoms with Crippen molar-refractivity contribution in [1.29, 1.82) is 0 Å². The van der Waals surface area contributed by atoms with Crippen LogP contribution in [-0.2, 0) is 16.4 Å². The monoisotopic (exact) mass is 315 g/mol. The molecule has 1 fully saturated rings. The third-order valence-corrected chi connectivity index (χ3v) is 4.86. The summed E-state index contributed by atoms with van der Waals surface area (Å²) in [5.74, 6) is 0. The standard InChI is InChI=1S/C16H22BN3O3/c1-11-9-12(20-10-18-19(6)14(20)21)7-8-13(11)17-22-15(2,3)16(4,5)23-17/h7-10H,1-6H3. The van der Waals surface area contributed by atoms with Gasteiger partial charge in [0.2, 0.25) is 0 Å². The van der Waals surface area contributed by atoms with Crippen LogP contribution in [0.5, 0.6) is 0 Å². The normalized spacial score (nSPS) is 19.3. The molecular formula is C16H22BN3O3. The van der Waals surface area contributed by atoms with Crippen LogP contribution in [-0.4, -0.2) is 32.7 Å². The smallest absolute Gasteiger partial charge is 0.399 e. The van der Waals surface area contributed by atoms with E-state index in [1.165, 1.54) is 15.6 Å². The molecule has 3 rings (SSSR count). The summed E-state index contributed by atoms with van der Waals surface area (Å²) in [6.07, 6.45) is 1.52. The number of hydrogen-bond acceptors (Lipinski definition) is 4. The van der Waals surface area contributed by atoms with Gasteiger partial charge in [-0.05, 0) is 57.8 Å². The third kappa shape index (κ3) is 2.54. The van der Waals surface area contributed by atoms with Gasteiger partial charge in [0, 0.05) is 7.05 Å². The van der Waals surface area contributed by atoms with Crippen LogP contribution < -0.4 is 11.2 Å². The minimum absolute atomic E-state index is 0.173. The molecule has 0 aliphatic carbocycles. The van der Waals surface area contributed by atoms with Gasteiger partial charge in [-0.2, -0.15) is 5.10 Å². The summed E-state index contributed by atoms with van der Waals surface area (Å²) in [5.41, 5.74) is 1.85.